The van der Waals surface area contributed by atoms with Gasteiger partial charge < -0.3 is 5.11 Å². The van der Waals surface area contributed by atoms with E-state index in [-0.39, 0.29) is 42.0 Å². The summed E-state index contributed by atoms with van der Waals surface area (Å²) in [6, 6.07) is 9.16. The second-order valence-electron chi connectivity index (χ2n) is 6.95. The van der Waals surface area contributed by atoms with Crippen molar-refractivity contribution in [3.8, 4) is 0 Å². The molecule has 0 atom stereocenters. The summed E-state index contributed by atoms with van der Waals surface area (Å²) in [7, 11) is -3.95. The lowest BCUT2D eigenvalue weighted by Gasteiger charge is -2.30. The third-order valence-electron chi connectivity index (χ3n) is 5.02. The highest BCUT2D eigenvalue weighted by Gasteiger charge is 2.34. The van der Waals surface area contributed by atoms with Gasteiger partial charge in [0.25, 0.3) is 0 Å². The molecule has 0 aliphatic carbocycles. The summed E-state index contributed by atoms with van der Waals surface area (Å²) in [5.41, 5.74) is -1.13. The first-order chi connectivity index (χ1) is 14.0. The van der Waals surface area contributed by atoms with Crippen LogP contribution in [0.3, 0.4) is 0 Å². The van der Waals surface area contributed by atoms with E-state index in [0.29, 0.717) is 0 Å². The second-order valence-corrected chi connectivity index (χ2v) is 8.89. The predicted molar refractivity (Wildman–Crippen MR) is 101 cm³/mol. The zero-order valence-corrected chi connectivity index (χ0v) is 16.4. The molecular formula is C20H18F3NO5S. The van der Waals surface area contributed by atoms with Gasteiger partial charge in [0.15, 0.2) is 5.78 Å². The first kappa shape index (κ1) is 22.0. The maximum absolute atomic E-state index is 12.9. The number of rotatable bonds is 5. The third-order valence-corrected chi connectivity index (χ3v) is 6.91. The number of carbonyl (C=O) groups excluding carboxylic acids is 1. The van der Waals surface area contributed by atoms with Crippen LogP contribution in [0, 0.1) is 5.92 Å². The predicted octanol–water partition coefficient (Wildman–Crippen LogP) is 3.69. The Labute approximate surface area is 171 Å². The van der Waals surface area contributed by atoms with Gasteiger partial charge in [-0.2, -0.15) is 17.5 Å². The fourth-order valence-corrected chi connectivity index (χ4v) is 4.90. The fraction of sp³-hybridized carbons (Fsp3) is 0.300. The number of halogens is 3. The summed E-state index contributed by atoms with van der Waals surface area (Å²) < 4.78 is 65.4. The molecule has 160 valence electrons. The van der Waals surface area contributed by atoms with Gasteiger partial charge in [0, 0.05) is 24.6 Å². The van der Waals surface area contributed by atoms with Crippen LogP contribution in [0.25, 0.3) is 0 Å². The van der Waals surface area contributed by atoms with Crippen molar-refractivity contribution < 1.29 is 36.3 Å². The van der Waals surface area contributed by atoms with Gasteiger partial charge in [-0.1, -0.05) is 18.2 Å². The molecule has 0 amide bonds. The van der Waals surface area contributed by atoms with Crippen LogP contribution in [0.5, 0.6) is 0 Å². The van der Waals surface area contributed by atoms with Gasteiger partial charge in [-0.05, 0) is 43.2 Å². The summed E-state index contributed by atoms with van der Waals surface area (Å²) in [6.07, 6.45) is -4.24. The largest absolute Gasteiger partial charge is 0.478 e. The Bertz CT molecular complexity index is 1070. The molecule has 1 saturated heterocycles. The van der Waals surface area contributed by atoms with Crippen molar-refractivity contribution in [2.24, 2.45) is 5.92 Å². The normalized spacial score (nSPS) is 16.4. The highest BCUT2D eigenvalue weighted by molar-refractivity contribution is 7.89. The maximum Gasteiger partial charge on any atom is 0.416 e. The monoisotopic (exact) mass is 441 g/mol. The fourth-order valence-electron chi connectivity index (χ4n) is 3.38. The molecule has 1 N–H and O–H groups in total. The number of benzene rings is 2. The van der Waals surface area contributed by atoms with Crippen molar-refractivity contribution in [2.75, 3.05) is 13.1 Å². The first-order valence-electron chi connectivity index (χ1n) is 9.05. The lowest BCUT2D eigenvalue weighted by atomic mass is 9.89. The highest BCUT2D eigenvalue weighted by Crippen LogP contribution is 2.31. The lowest BCUT2D eigenvalue weighted by Crippen LogP contribution is -2.40. The summed E-state index contributed by atoms with van der Waals surface area (Å²) in [5, 5.41) is 9.04. The molecular weight excluding hydrogens is 423 g/mol. The standard InChI is InChI=1S/C20H18F3NO5S/c21-20(22,23)16-5-1-3-14(11-16)18(25)13-7-9-24(10-8-13)30(28,29)17-6-2-4-15(12-17)19(26)27/h1-6,11-13H,7-10H2,(H,26,27). The average Bonchev–Trinajstić information content (AvgIpc) is 2.73. The van der Waals surface area contributed by atoms with Crippen LogP contribution < -0.4 is 0 Å². The molecule has 10 heteroatoms. The Balaban J connectivity index is 1.72. The number of nitrogens with zero attached hydrogens (tertiary/aromatic N) is 1. The number of aromatic carboxylic acids is 1. The Morgan fingerprint density at radius 3 is 2.17 bits per heavy atom. The second kappa shape index (κ2) is 8.19. The van der Waals surface area contributed by atoms with Crippen LogP contribution in [0.15, 0.2) is 53.4 Å². The van der Waals surface area contributed by atoms with Gasteiger partial charge in [-0.3, -0.25) is 4.79 Å². The van der Waals surface area contributed by atoms with Gasteiger partial charge in [0.2, 0.25) is 10.0 Å². The summed E-state index contributed by atoms with van der Waals surface area (Å²) in [5.74, 6) is -2.30. The zero-order chi connectivity index (χ0) is 22.1. The highest BCUT2D eigenvalue weighted by atomic mass is 32.2. The van der Waals surface area contributed by atoms with E-state index in [1.807, 2.05) is 0 Å². The number of piperidine rings is 1. The average molecular weight is 441 g/mol. The van der Waals surface area contributed by atoms with Crippen LogP contribution in [-0.4, -0.2) is 42.7 Å². The number of alkyl halides is 3. The molecule has 1 aliphatic heterocycles. The molecule has 0 spiro atoms. The molecule has 1 fully saturated rings. The topological polar surface area (TPSA) is 91.8 Å². The molecule has 2 aromatic rings. The van der Waals surface area contributed by atoms with Crippen LogP contribution in [0.4, 0.5) is 13.2 Å². The minimum absolute atomic E-state index is 0.00893. The Hall–Kier alpha value is -2.72. The summed E-state index contributed by atoms with van der Waals surface area (Å²) in [6.45, 7) is 0.0179. The number of carbonyl (C=O) groups is 2. The quantitative estimate of drug-likeness (QED) is 0.715. The number of hydrogen-bond acceptors (Lipinski definition) is 4. The van der Waals surface area contributed by atoms with E-state index in [0.717, 1.165) is 22.5 Å². The molecule has 6 nitrogen and oxygen atoms in total. The first-order valence-corrected chi connectivity index (χ1v) is 10.5. The van der Waals surface area contributed by atoms with Gasteiger partial charge in [0.1, 0.15) is 0 Å². The molecule has 3 rings (SSSR count). The van der Waals surface area contributed by atoms with Gasteiger partial charge in [-0.15, -0.1) is 0 Å². The molecule has 0 unspecified atom stereocenters. The molecule has 2 aromatic carbocycles. The van der Waals surface area contributed by atoms with Crippen molar-refractivity contribution in [3.05, 3.63) is 65.2 Å². The van der Waals surface area contributed by atoms with Crippen molar-refractivity contribution in [3.63, 3.8) is 0 Å². The Kier molecular flexibility index (Phi) is 6.00. The van der Waals surface area contributed by atoms with Crippen LogP contribution in [0.1, 0.15) is 39.1 Å². The van der Waals surface area contributed by atoms with Crippen molar-refractivity contribution in [1.82, 2.24) is 4.31 Å². The SMILES string of the molecule is O=C(O)c1cccc(S(=O)(=O)N2CCC(C(=O)c3cccc(C(F)(F)F)c3)CC2)c1. The number of Topliss-reactive ketones (excluding diaryl/α,β-unsaturated/α-hetero) is 1. The smallest absolute Gasteiger partial charge is 0.416 e. The summed E-state index contributed by atoms with van der Waals surface area (Å²) in [4.78, 5) is 23.5. The number of carboxylic acid groups (broad SMARTS) is 1. The van der Waals surface area contributed by atoms with Crippen molar-refractivity contribution in [2.45, 2.75) is 23.9 Å². The molecule has 0 bridgehead atoms. The molecule has 0 aromatic heterocycles. The minimum atomic E-state index is -4.56. The lowest BCUT2D eigenvalue weighted by molar-refractivity contribution is -0.137. The van der Waals surface area contributed by atoms with Crippen molar-refractivity contribution >= 4 is 21.8 Å². The molecule has 0 saturated carbocycles. The number of hydrogen-bond donors (Lipinski definition) is 1. The van der Waals surface area contributed by atoms with Gasteiger partial charge >= 0.3 is 12.1 Å². The van der Waals surface area contributed by atoms with Gasteiger partial charge in [0.05, 0.1) is 16.0 Å². The maximum atomic E-state index is 12.9. The van der Waals surface area contributed by atoms with E-state index in [4.69, 9.17) is 5.11 Å². The van der Waals surface area contributed by atoms with Crippen LogP contribution in [0.2, 0.25) is 0 Å². The molecule has 30 heavy (non-hydrogen) atoms. The molecule has 0 radical (unpaired) electrons. The van der Waals surface area contributed by atoms with Gasteiger partial charge in [-0.25, -0.2) is 13.2 Å². The Morgan fingerprint density at radius 2 is 1.57 bits per heavy atom. The van der Waals surface area contributed by atoms with Crippen molar-refractivity contribution in [1.29, 1.82) is 0 Å². The number of sulfonamides is 1. The molecule has 1 aliphatic rings. The van der Waals surface area contributed by atoms with E-state index >= 15 is 0 Å². The zero-order valence-electron chi connectivity index (χ0n) is 15.6. The van der Waals surface area contributed by atoms with E-state index in [1.54, 1.807) is 0 Å². The summed E-state index contributed by atoms with van der Waals surface area (Å²) >= 11 is 0. The van der Waals surface area contributed by atoms with Crippen LogP contribution >= 0.6 is 0 Å². The van der Waals surface area contributed by atoms with E-state index in [9.17, 15) is 31.2 Å². The Morgan fingerprint density at radius 1 is 0.967 bits per heavy atom. The van der Waals surface area contributed by atoms with E-state index in [2.05, 4.69) is 0 Å². The number of carboxylic acids is 1. The minimum Gasteiger partial charge on any atom is -0.478 e. The van der Waals surface area contributed by atoms with E-state index in [1.165, 1.54) is 30.3 Å². The van der Waals surface area contributed by atoms with Crippen LogP contribution in [-0.2, 0) is 16.2 Å². The number of ketones is 1. The third kappa shape index (κ3) is 4.54. The molecule has 1 heterocycles. The van der Waals surface area contributed by atoms with E-state index < -0.39 is 39.4 Å².